The molecule has 3 nitrogen and oxygen atoms in total. The third-order valence-corrected chi connectivity index (χ3v) is 3.86. The van der Waals surface area contributed by atoms with E-state index in [1.807, 2.05) is 12.1 Å². The zero-order chi connectivity index (χ0) is 14.0. The van der Waals surface area contributed by atoms with Gasteiger partial charge in [-0.2, -0.15) is 0 Å². The van der Waals surface area contributed by atoms with Crippen LogP contribution in [0, 0.1) is 11.8 Å². The number of aliphatic hydroxyl groups excluding tert-OH is 1. The molecule has 1 aromatic heterocycles. The van der Waals surface area contributed by atoms with E-state index in [2.05, 4.69) is 32.6 Å². The molecule has 19 heavy (non-hydrogen) atoms. The highest BCUT2D eigenvalue weighted by Crippen LogP contribution is 2.27. The van der Waals surface area contributed by atoms with E-state index in [9.17, 15) is 5.11 Å². The quantitative estimate of drug-likeness (QED) is 0.909. The highest BCUT2D eigenvalue weighted by molar-refractivity contribution is 5.43. The topological polar surface area (TPSA) is 36.4 Å². The Morgan fingerprint density at radius 2 is 1.89 bits per heavy atom. The lowest BCUT2D eigenvalue weighted by Gasteiger charge is -2.36. The molecule has 0 aromatic carbocycles. The van der Waals surface area contributed by atoms with E-state index in [4.69, 9.17) is 4.98 Å². The fraction of sp³-hybridized carbons (Fsp3) is 0.688. The molecule has 3 heteroatoms. The van der Waals surface area contributed by atoms with Crippen LogP contribution in [-0.2, 0) is 6.61 Å². The van der Waals surface area contributed by atoms with Gasteiger partial charge < -0.3 is 10.0 Å². The van der Waals surface area contributed by atoms with Gasteiger partial charge in [0.05, 0.1) is 6.61 Å². The molecule has 1 aromatic rings. The molecule has 2 unspecified atom stereocenters. The second-order valence-electron chi connectivity index (χ2n) is 6.42. The third kappa shape index (κ3) is 3.47. The summed E-state index contributed by atoms with van der Waals surface area (Å²) in [6.07, 6.45) is 1.30. The van der Waals surface area contributed by atoms with Crippen molar-refractivity contribution in [3.05, 3.63) is 23.4 Å². The number of pyridine rings is 1. The van der Waals surface area contributed by atoms with Gasteiger partial charge in [-0.1, -0.05) is 27.7 Å². The van der Waals surface area contributed by atoms with Crippen molar-refractivity contribution >= 4 is 5.82 Å². The summed E-state index contributed by atoms with van der Waals surface area (Å²) in [4.78, 5) is 7.17. The number of hydrogen-bond acceptors (Lipinski definition) is 3. The van der Waals surface area contributed by atoms with Gasteiger partial charge in [0.25, 0.3) is 0 Å². The van der Waals surface area contributed by atoms with Crippen molar-refractivity contribution < 1.29 is 5.11 Å². The Bertz CT molecular complexity index is 421. The molecule has 1 fully saturated rings. The van der Waals surface area contributed by atoms with E-state index < -0.39 is 0 Å². The predicted molar refractivity (Wildman–Crippen MR) is 79.4 cm³/mol. The smallest absolute Gasteiger partial charge is 0.129 e. The molecule has 106 valence electrons. The number of rotatable bonds is 3. The van der Waals surface area contributed by atoms with Gasteiger partial charge in [0, 0.05) is 18.8 Å². The van der Waals surface area contributed by atoms with Crippen LogP contribution in [0.15, 0.2) is 12.1 Å². The molecule has 2 atom stereocenters. The minimum atomic E-state index is 0.0915. The van der Waals surface area contributed by atoms with Crippen molar-refractivity contribution in [2.45, 2.75) is 46.6 Å². The number of aromatic nitrogens is 1. The molecule has 0 bridgehead atoms. The minimum Gasteiger partial charge on any atom is -0.392 e. The van der Waals surface area contributed by atoms with Crippen LogP contribution < -0.4 is 4.90 Å². The van der Waals surface area contributed by atoms with Crippen LogP contribution in [-0.4, -0.2) is 23.2 Å². The molecular weight excluding hydrogens is 236 g/mol. The van der Waals surface area contributed by atoms with Gasteiger partial charge in [0.1, 0.15) is 5.82 Å². The third-order valence-electron chi connectivity index (χ3n) is 3.86. The van der Waals surface area contributed by atoms with Crippen LogP contribution in [0.1, 0.15) is 51.3 Å². The van der Waals surface area contributed by atoms with Gasteiger partial charge in [-0.3, -0.25) is 0 Å². The molecule has 1 saturated heterocycles. The molecule has 0 radical (unpaired) electrons. The normalized spacial score (nSPS) is 24.0. The highest BCUT2D eigenvalue weighted by Gasteiger charge is 2.23. The van der Waals surface area contributed by atoms with E-state index in [0.29, 0.717) is 17.8 Å². The Morgan fingerprint density at radius 1 is 1.26 bits per heavy atom. The summed E-state index contributed by atoms with van der Waals surface area (Å²) in [6.45, 7) is 11.1. The van der Waals surface area contributed by atoms with Gasteiger partial charge in [-0.15, -0.1) is 0 Å². The Balaban J connectivity index is 2.30. The largest absolute Gasteiger partial charge is 0.392 e. The fourth-order valence-electron chi connectivity index (χ4n) is 2.99. The summed E-state index contributed by atoms with van der Waals surface area (Å²) in [6, 6.07) is 4.06. The molecule has 1 aliphatic heterocycles. The van der Waals surface area contributed by atoms with Crippen LogP contribution >= 0.6 is 0 Å². The average molecular weight is 262 g/mol. The summed E-state index contributed by atoms with van der Waals surface area (Å²) in [5, 5.41) is 9.42. The second kappa shape index (κ2) is 5.91. The first kappa shape index (κ1) is 14.3. The van der Waals surface area contributed by atoms with E-state index in [1.165, 1.54) is 6.42 Å². The number of piperidine rings is 1. The molecule has 0 aliphatic carbocycles. The molecule has 1 N–H and O–H groups in total. The van der Waals surface area contributed by atoms with Crippen LogP contribution in [0.5, 0.6) is 0 Å². The molecule has 2 rings (SSSR count). The van der Waals surface area contributed by atoms with Crippen molar-refractivity contribution in [2.24, 2.45) is 11.8 Å². The summed E-state index contributed by atoms with van der Waals surface area (Å²) >= 11 is 0. The Labute approximate surface area is 116 Å². The van der Waals surface area contributed by atoms with Crippen LogP contribution in [0.2, 0.25) is 0 Å². The van der Waals surface area contributed by atoms with Gasteiger partial charge >= 0.3 is 0 Å². The van der Waals surface area contributed by atoms with E-state index in [-0.39, 0.29) is 6.61 Å². The standard InChI is InChI=1S/C16H26N2O/c1-11(2)15-6-14(10-19)7-16(17-15)18-8-12(3)5-13(4)9-18/h6-7,11-13,19H,5,8-10H2,1-4H3. The van der Waals surface area contributed by atoms with Gasteiger partial charge in [0.2, 0.25) is 0 Å². The maximum Gasteiger partial charge on any atom is 0.129 e. The first-order chi connectivity index (χ1) is 8.99. The zero-order valence-corrected chi connectivity index (χ0v) is 12.6. The van der Waals surface area contributed by atoms with Gasteiger partial charge in [-0.05, 0) is 41.9 Å². The fourth-order valence-corrected chi connectivity index (χ4v) is 2.99. The van der Waals surface area contributed by atoms with Crippen molar-refractivity contribution in [1.29, 1.82) is 0 Å². The van der Waals surface area contributed by atoms with Crippen molar-refractivity contribution in [2.75, 3.05) is 18.0 Å². The number of anilines is 1. The molecule has 1 aliphatic rings. The van der Waals surface area contributed by atoms with Crippen LogP contribution in [0.4, 0.5) is 5.82 Å². The molecular formula is C16H26N2O. The maximum atomic E-state index is 9.42. The summed E-state index contributed by atoms with van der Waals surface area (Å²) < 4.78 is 0. The summed E-state index contributed by atoms with van der Waals surface area (Å²) in [5.41, 5.74) is 2.05. The number of hydrogen-bond donors (Lipinski definition) is 1. The lowest BCUT2D eigenvalue weighted by Crippen LogP contribution is -2.39. The Hall–Kier alpha value is -1.09. The van der Waals surface area contributed by atoms with Gasteiger partial charge in [0.15, 0.2) is 0 Å². The Kier molecular flexibility index (Phi) is 4.46. The monoisotopic (exact) mass is 262 g/mol. The first-order valence-electron chi connectivity index (χ1n) is 7.36. The van der Waals surface area contributed by atoms with E-state index in [1.54, 1.807) is 0 Å². The average Bonchev–Trinajstić information content (AvgIpc) is 2.37. The summed E-state index contributed by atoms with van der Waals surface area (Å²) in [5.74, 6) is 2.86. The highest BCUT2D eigenvalue weighted by atomic mass is 16.3. The van der Waals surface area contributed by atoms with E-state index in [0.717, 1.165) is 30.2 Å². The van der Waals surface area contributed by atoms with Crippen molar-refractivity contribution in [3.8, 4) is 0 Å². The second-order valence-corrected chi connectivity index (χ2v) is 6.42. The zero-order valence-electron chi connectivity index (χ0n) is 12.6. The van der Waals surface area contributed by atoms with Crippen molar-refractivity contribution in [1.82, 2.24) is 4.98 Å². The number of nitrogens with zero attached hydrogens (tertiary/aromatic N) is 2. The molecule has 0 spiro atoms. The maximum absolute atomic E-state index is 9.42. The molecule has 0 amide bonds. The van der Waals surface area contributed by atoms with Gasteiger partial charge in [-0.25, -0.2) is 4.98 Å². The lowest BCUT2D eigenvalue weighted by atomic mass is 9.92. The summed E-state index contributed by atoms with van der Waals surface area (Å²) in [7, 11) is 0. The predicted octanol–water partition coefficient (Wildman–Crippen LogP) is 3.18. The first-order valence-corrected chi connectivity index (χ1v) is 7.36. The number of aliphatic hydroxyl groups is 1. The van der Waals surface area contributed by atoms with Crippen LogP contribution in [0.25, 0.3) is 0 Å². The SMILES string of the molecule is CC1CC(C)CN(c2cc(CO)cc(C(C)C)n2)C1. The van der Waals surface area contributed by atoms with Crippen LogP contribution in [0.3, 0.4) is 0 Å². The molecule has 2 heterocycles. The van der Waals surface area contributed by atoms with Crippen molar-refractivity contribution in [3.63, 3.8) is 0 Å². The Morgan fingerprint density at radius 3 is 2.42 bits per heavy atom. The molecule has 0 saturated carbocycles. The lowest BCUT2D eigenvalue weighted by molar-refractivity contribution is 0.281. The minimum absolute atomic E-state index is 0.0915. The van der Waals surface area contributed by atoms with E-state index >= 15 is 0 Å².